The second kappa shape index (κ2) is 6.60. The van der Waals surface area contributed by atoms with Gasteiger partial charge in [-0.3, -0.25) is 4.57 Å². The van der Waals surface area contributed by atoms with Crippen LogP contribution < -0.4 is 0 Å². The molecule has 0 N–H and O–H groups in total. The van der Waals surface area contributed by atoms with Gasteiger partial charge in [0.2, 0.25) is 0 Å². The Labute approximate surface area is 86.7 Å². The minimum absolute atomic E-state index is 0.602. The van der Waals surface area contributed by atoms with Gasteiger partial charge >= 0.3 is 7.60 Å². The summed E-state index contributed by atoms with van der Waals surface area (Å²) >= 11 is 0. The maximum absolute atomic E-state index is 12.0. The molecule has 1 fully saturated rings. The maximum atomic E-state index is 12.0. The summed E-state index contributed by atoms with van der Waals surface area (Å²) in [6.07, 6.45) is 7.05. The minimum Gasteiger partial charge on any atom is -0.309 e. The van der Waals surface area contributed by atoms with Crippen molar-refractivity contribution < 1.29 is 13.6 Å². The highest BCUT2D eigenvalue weighted by Gasteiger charge is 2.25. The van der Waals surface area contributed by atoms with Crippen molar-refractivity contribution in [3.05, 3.63) is 0 Å². The van der Waals surface area contributed by atoms with E-state index in [9.17, 15) is 4.57 Å². The molecule has 0 aromatic rings. The zero-order valence-electron chi connectivity index (χ0n) is 9.04. The summed E-state index contributed by atoms with van der Waals surface area (Å²) in [6.45, 7) is 3.37. The summed E-state index contributed by atoms with van der Waals surface area (Å²) in [5.41, 5.74) is 0. The second-order valence-electron chi connectivity index (χ2n) is 3.77. The molecular weight excluding hydrogens is 199 g/mol. The van der Waals surface area contributed by atoms with Gasteiger partial charge in [-0.05, 0) is 19.3 Å². The average molecular weight is 220 g/mol. The smallest absolute Gasteiger partial charge is 0.309 e. The molecule has 4 heteroatoms. The third kappa shape index (κ3) is 4.59. The molecule has 1 rings (SSSR count). The van der Waals surface area contributed by atoms with Crippen LogP contribution in [0, 0.1) is 0 Å². The van der Waals surface area contributed by atoms with Crippen LogP contribution in [0.3, 0.4) is 0 Å². The zero-order chi connectivity index (χ0) is 10.3. The first kappa shape index (κ1) is 12.2. The minimum atomic E-state index is -2.70. The lowest BCUT2D eigenvalue weighted by atomic mass is 10.2. The van der Waals surface area contributed by atoms with Crippen LogP contribution in [0.4, 0.5) is 0 Å². The lowest BCUT2D eigenvalue weighted by molar-refractivity contribution is 0.238. The predicted molar refractivity (Wildman–Crippen MR) is 57.8 cm³/mol. The van der Waals surface area contributed by atoms with Crippen molar-refractivity contribution >= 4 is 7.60 Å². The third-order valence-electron chi connectivity index (χ3n) is 2.40. The van der Waals surface area contributed by atoms with E-state index in [0.29, 0.717) is 19.4 Å². The monoisotopic (exact) mass is 220 g/mol. The van der Waals surface area contributed by atoms with Gasteiger partial charge in [0, 0.05) is 0 Å². The van der Waals surface area contributed by atoms with E-state index < -0.39 is 7.60 Å². The van der Waals surface area contributed by atoms with E-state index in [4.69, 9.17) is 9.05 Å². The van der Waals surface area contributed by atoms with E-state index in [1.807, 2.05) is 0 Å². The molecule has 84 valence electrons. The molecule has 0 atom stereocenters. The van der Waals surface area contributed by atoms with Crippen LogP contribution >= 0.6 is 7.60 Å². The topological polar surface area (TPSA) is 35.5 Å². The molecule has 1 heterocycles. The van der Waals surface area contributed by atoms with Crippen LogP contribution in [-0.4, -0.2) is 19.4 Å². The standard InChI is InChI=1S/C10H21O3P/c1-2-3-4-7-10-14(11)12-8-5-6-9-13-14/h2-10H2,1H3. The van der Waals surface area contributed by atoms with Crippen molar-refractivity contribution in [3.8, 4) is 0 Å². The van der Waals surface area contributed by atoms with Gasteiger partial charge < -0.3 is 9.05 Å². The van der Waals surface area contributed by atoms with E-state index in [-0.39, 0.29) is 0 Å². The Bertz CT molecular complexity index is 182. The molecule has 0 unspecified atom stereocenters. The fraction of sp³-hybridized carbons (Fsp3) is 1.00. The van der Waals surface area contributed by atoms with Crippen LogP contribution in [0.5, 0.6) is 0 Å². The Balaban J connectivity index is 2.21. The summed E-state index contributed by atoms with van der Waals surface area (Å²) in [6, 6.07) is 0. The molecule has 0 bridgehead atoms. The van der Waals surface area contributed by atoms with Crippen molar-refractivity contribution in [1.82, 2.24) is 0 Å². The SMILES string of the molecule is CCCCCCP1(=O)OCCCCO1. The fourth-order valence-electron chi connectivity index (χ4n) is 1.51. The van der Waals surface area contributed by atoms with E-state index in [0.717, 1.165) is 25.7 Å². The first-order chi connectivity index (χ1) is 6.77. The van der Waals surface area contributed by atoms with Gasteiger partial charge in [0.1, 0.15) is 0 Å². The molecule has 1 saturated heterocycles. The normalized spacial score (nSPS) is 21.8. The largest absolute Gasteiger partial charge is 0.330 e. The molecule has 1 aliphatic rings. The van der Waals surface area contributed by atoms with Gasteiger partial charge in [-0.1, -0.05) is 26.2 Å². The molecule has 0 aromatic carbocycles. The number of unbranched alkanes of at least 4 members (excludes halogenated alkanes) is 3. The van der Waals surface area contributed by atoms with Crippen molar-refractivity contribution in [2.75, 3.05) is 19.4 Å². The van der Waals surface area contributed by atoms with Gasteiger partial charge in [0.25, 0.3) is 0 Å². The van der Waals surface area contributed by atoms with Gasteiger partial charge in [0.05, 0.1) is 19.4 Å². The molecule has 1 aliphatic heterocycles. The van der Waals surface area contributed by atoms with E-state index >= 15 is 0 Å². The highest BCUT2D eigenvalue weighted by Crippen LogP contribution is 2.50. The average Bonchev–Trinajstić information content (AvgIpc) is 2.39. The van der Waals surface area contributed by atoms with E-state index in [1.54, 1.807) is 0 Å². The highest BCUT2D eigenvalue weighted by molar-refractivity contribution is 7.53. The van der Waals surface area contributed by atoms with E-state index in [1.165, 1.54) is 12.8 Å². The van der Waals surface area contributed by atoms with Gasteiger partial charge in [-0.25, -0.2) is 0 Å². The molecule has 3 nitrogen and oxygen atoms in total. The van der Waals surface area contributed by atoms with Crippen molar-refractivity contribution in [3.63, 3.8) is 0 Å². The van der Waals surface area contributed by atoms with Crippen molar-refractivity contribution in [1.29, 1.82) is 0 Å². The van der Waals surface area contributed by atoms with Crippen LogP contribution in [-0.2, 0) is 13.6 Å². The first-order valence-corrected chi connectivity index (χ1v) is 7.38. The Kier molecular flexibility index (Phi) is 5.76. The summed E-state index contributed by atoms with van der Waals surface area (Å²) in [4.78, 5) is 0. The molecular formula is C10H21O3P. The number of hydrogen-bond donors (Lipinski definition) is 0. The number of hydrogen-bond acceptors (Lipinski definition) is 3. The van der Waals surface area contributed by atoms with Crippen molar-refractivity contribution in [2.45, 2.75) is 45.4 Å². The Morgan fingerprint density at radius 2 is 1.71 bits per heavy atom. The summed E-state index contributed by atoms with van der Waals surface area (Å²) < 4.78 is 22.6. The third-order valence-corrected chi connectivity index (χ3v) is 4.42. The molecule has 0 aromatic heterocycles. The van der Waals surface area contributed by atoms with Gasteiger partial charge in [-0.2, -0.15) is 0 Å². The number of rotatable bonds is 5. The Morgan fingerprint density at radius 1 is 1.07 bits per heavy atom. The molecule has 0 amide bonds. The Hall–Kier alpha value is 0.150. The molecule has 0 aliphatic carbocycles. The predicted octanol–water partition coefficient (Wildman–Crippen LogP) is 3.59. The van der Waals surface area contributed by atoms with E-state index in [2.05, 4.69) is 6.92 Å². The lowest BCUT2D eigenvalue weighted by Gasteiger charge is -2.14. The first-order valence-electron chi connectivity index (χ1n) is 5.65. The molecule has 0 spiro atoms. The molecule has 0 radical (unpaired) electrons. The van der Waals surface area contributed by atoms with Crippen LogP contribution in [0.15, 0.2) is 0 Å². The maximum Gasteiger partial charge on any atom is 0.330 e. The highest BCUT2D eigenvalue weighted by atomic mass is 31.2. The van der Waals surface area contributed by atoms with Crippen LogP contribution in [0.2, 0.25) is 0 Å². The van der Waals surface area contributed by atoms with Gasteiger partial charge in [0.15, 0.2) is 0 Å². The fourth-order valence-corrected chi connectivity index (χ4v) is 3.27. The molecule has 14 heavy (non-hydrogen) atoms. The zero-order valence-corrected chi connectivity index (χ0v) is 9.93. The van der Waals surface area contributed by atoms with Crippen LogP contribution in [0.25, 0.3) is 0 Å². The summed E-state index contributed by atoms with van der Waals surface area (Å²) in [5, 5.41) is 0. The summed E-state index contributed by atoms with van der Waals surface area (Å²) in [5.74, 6) is 0. The molecule has 0 saturated carbocycles. The second-order valence-corrected chi connectivity index (χ2v) is 5.95. The van der Waals surface area contributed by atoms with Gasteiger partial charge in [-0.15, -0.1) is 0 Å². The quantitative estimate of drug-likeness (QED) is 0.524. The van der Waals surface area contributed by atoms with Crippen LogP contribution in [0.1, 0.15) is 45.4 Å². The summed E-state index contributed by atoms with van der Waals surface area (Å²) in [7, 11) is -2.70. The Morgan fingerprint density at radius 3 is 2.29 bits per heavy atom. The lowest BCUT2D eigenvalue weighted by Crippen LogP contribution is -1.98. The van der Waals surface area contributed by atoms with Crippen molar-refractivity contribution in [2.24, 2.45) is 0 Å².